The molecule has 20 heavy (non-hydrogen) atoms. The number of rotatable bonds is 3. The summed E-state index contributed by atoms with van der Waals surface area (Å²) in [4.78, 5) is 15.4. The van der Waals surface area contributed by atoms with E-state index in [4.69, 9.17) is 0 Å². The Hall–Kier alpha value is -2.81. The van der Waals surface area contributed by atoms with Crippen molar-refractivity contribution in [1.82, 2.24) is 4.98 Å². The van der Waals surface area contributed by atoms with Crippen molar-refractivity contribution in [3.8, 4) is 0 Å². The van der Waals surface area contributed by atoms with Crippen LogP contribution in [0, 0.1) is 0 Å². The number of aromatic amines is 1. The largest absolute Gasteiger partial charge is 0.361 e. The van der Waals surface area contributed by atoms with E-state index < -0.39 is 0 Å². The first-order chi connectivity index (χ1) is 9.75. The first-order valence-electron chi connectivity index (χ1n) is 6.37. The molecule has 0 unspecified atom stereocenters. The van der Waals surface area contributed by atoms with Crippen molar-refractivity contribution in [1.29, 1.82) is 0 Å². The number of hydrogen-bond donors (Lipinski definition) is 2. The van der Waals surface area contributed by atoms with Crippen LogP contribution in [-0.4, -0.2) is 10.9 Å². The second-order valence-electron chi connectivity index (χ2n) is 4.55. The van der Waals surface area contributed by atoms with Crippen LogP contribution in [0.5, 0.6) is 0 Å². The predicted octanol–water partition coefficient (Wildman–Crippen LogP) is 3.82. The molecule has 0 atom stereocenters. The molecule has 0 aliphatic carbocycles. The van der Waals surface area contributed by atoms with Crippen LogP contribution in [0.2, 0.25) is 0 Å². The lowest BCUT2D eigenvalue weighted by Crippen LogP contribution is -2.12. The molecule has 2 N–H and O–H groups in total. The van der Waals surface area contributed by atoms with E-state index >= 15 is 0 Å². The third kappa shape index (κ3) is 2.21. The van der Waals surface area contributed by atoms with Gasteiger partial charge < -0.3 is 10.3 Å². The van der Waals surface area contributed by atoms with Crippen LogP contribution >= 0.6 is 0 Å². The molecule has 0 saturated carbocycles. The predicted molar refractivity (Wildman–Crippen MR) is 82.4 cm³/mol. The molecule has 3 heteroatoms. The van der Waals surface area contributed by atoms with Crippen molar-refractivity contribution in [2.45, 2.75) is 0 Å². The SMILES string of the molecule is C=C(C(=O)Nc1ccccc1)c1c[nH]c2ccccc12. The van der Waals surface area contributed by atoms with E-state index in [0.29, 0.717) is 5.57 Å². The molecule has 3 nitrogen and oxygen atoms in total. The molecule has 1 heterocycles. The standard InChI is InChI=1S/C17H14N2O/c1-12(17(20)19-13-7-3-2-4-8-13)15-11-18-16-10-6-5-9-14(15)16/h2-11,18H,1H2,(H,19,20). The fourth-order valence-corrected chi connectivity index (χ4v) is 2.17. The Labute approximate surface area is 116 Å². The summed E-state index contributed by atoms with van der Waals surface area (Å²) in [6.45, 7) is 3.91. The summed E-state index contributed by atoms with van der Waals surface area (Å²) in [5.41, 5.74) is 3.04. The first-order valence-corrected chi connectivity index (χ1v) is 6.37. The molecule has 0 spiro atoms. The van der Waals surface area contributed by atoms with E-state index in [-0.39, 0.29) is 5.91 Å². The monoisotopic (exact) mass is 262 g/mol. The highest BCUT2D eigenvalue weighted by atomic mass is 16.1. The number of fused-ring (bicyclic) bond motifs is 1. The summed E-state index contributed by atoms with van der Waals surface area (Å²) in [5.74, 6) is -0.194. The van der Waals surface area contributed by atoms with Gasteiger partial charge in [-0.1, -0.05) is 43.0 Å². The lowest BCUT2D eigenvalue weighted by atomic mass is 10.1. The van der Waals surface area contributed by atoms with Crippen LogP contribution in [0.15, 0.2) is 67.4 Å². The molecule has 0 aliphatic heterocycles. The molecular weight excluding hydrogens is 248 g/mol. The maximum absolute atomic E-state index is 12.2. The summed E-state index contributed by atoms with van der Waals surface area (Å²) in [7, 11) is 0. The van der Waals surface area contributed by atoms with Crippen LogP contribution in [0.4, 0.5) is 5.69 Å². The molecule has 0 saturated heterocycles. The summed E-state index contributed by atoms with van der Waals surface area (Å²) in [6, 6.07) is 17.2. The Balaban J connectivity index is 1.87. The fourth-order valence-electron chi connectivity index (χ4n) is 2.17. The minimum absolute atomic E-state index is 0.194. The van der Waals surface area contributed by atoms with Gasteiger partial charge in [0.1, 0.15) is 0 Å². The molecule has 2 aromatic carbocycles. The van der Waals surface area contributed by atoms with Crippen LogP contribution < -0.4 is 5.32 Å². The van der Waals surface area contributed by atoms with Gasteiger partial charge >= 0.3 is 0 Å². The number of benzene rings is 2. The third-order valence-electron chi connectivity index (χ3n) is 3.22. The average molecular weight is 262 g/mol. The van der Waals surface area contributed by atoms with E-state index in [9.17, 15) is 4.79 Å². The number of carbonyl (C=O) groups excluding carboxylic acids is 1. The number of H-pyrrole nitrogens is 1. The number of amides is 1. The van der Waals surface area contributed by atoms with Crippen molar-refractivity contribution in [2.75, 3.05) is 5.32 Å². The highest BCUT2D eigenvalue weighted by molar-refractivity contribution is 6.27. The summed E-state index contributed by atoms with van der Waals surface area (Å²) >= 11 is 0. The second kappa shape index (κ2) is 5.05. The summed E-state index contributed by atoms with van der Waals surface area (Å²) in [6.07, 6.45) is 1.82. The first kappa shape index (κ1) is 12.2. The third-order valence-corrected chi connectivity index (χ3v) is 3.22. The van der Waals surface area contributed by atoms with E-state index in [2.05, 4.69) is 16.9 Å². The maximum atomic E-state index is 12.2. The van der Waals surface area contributed by atoms with Gasteiger partial charge in [-0.3, -0.25) is 4.79 Å². The van der Waals surface area contributed by atoms with Gasteiger partial charge in [-0.25, -0.2) is 0 Å². The second-order valence-corrected chi connectivity index (χ2v) is 4.55. The van der Waals surface area contributed by atoms with Gasteiger partial charge in [-0.05, 0) is 18.2 Å². The smallest absolute Gasteiger partial charge is 0.255 e. The molecular formula is C17H14N2O. The van der Waals surface area contributed by atoms with E-state index in [1.807, 2.05) is 60.8 Å². The van der Waals surface area contributed by atoms with Crippen LogP contribution in [0.1, 0.15) is 5.56 Å². The molecule has 1 aromatic heterocycles. The van der Waals surface area contributed by atoms with Gasteiger partial charge in [0.15, 0.2) is 0 Å². The van der Waals surface area contributed by atoms with Crippen LogP contribution in [0.3, 0.4) is 0 Å². The number of hydrogen-bond acceptors (Lipinski definition) is 1. The van der Waals surface area contributed by atoms with Crippen molar-refractivity contribution < 1.29 is 4.79 Å². The Bertz CT molecular complexity index is 772. The Kier molecular flexibility index (Phi) is 3.09. The highest BCUT2D eigenvalue weighted by Gasteiger charge is 2.13. The van der Waals surface area contributed by atoms with E-state index in [1.54, 1.807) is 0 Å². The van der Waals surface area contributed by atoms with Gasteiger partial charge in [-0.2, -0.15) is 0 Å². The number of carbonyl (C=O) groups is 1. The van der Waals surface area contributed by atoms with Crippen molar-refractivity contribution in [2.24, 2.45) is 0 Å². The average Bonchev–Trinajstić information content (AvgIpc) is 2.91. The zero-order chi connectivity index (χ0) is 13.9. The minimum atomic E-state index is -0.194. The quantitative estimate of drug-likeness (QED) is 0.692. The lowest BCUT2D eigenvalue weighted by molar-refractivity contribution is -0.111. The topological polar surface area (TPSA) is 44.9 Å². The minimum Gasteiger partial charge on any atom is -0.361 e. The summed E-state index contributed by atoms with van der Waals surface area (Å²) in [5, 5.41) is 3.84. The number of anilines is 1. The molecule has 1 amide bonds. The number of para-hydroxylation sites is 2. The maximum Gasteiger partial charge on any atom is 0.255 e. The van der Waals surface area contributed by atoms with Crippen molar-refractivity contribution in [3.05, 3.63) is 72.9 Å². The van der Waals surface area contributed by atoms with Gasteiger partial charge in [0.05, 0.1) is 0 Å². The van der Waals surface area contributed by atoms with E-state index in [1.165, 1.54) is 0 Å². The van der Waals surface area contributed by atoms with E-state index in [0.717, 1.165) is 22.2 Å². The van der Waals surface area contributed by atoms with Crippen LogP contribution in [0.25, 0.3) is 16.5 Å². The molecule has 98 valence electrons. The molecule has 0 aliphatic rings. The van der Waals surface area contributed by atoms with Crippen molar-refractivity contribution in [3.63, 3.8) is 0 Å². The van der Waals surface area contributed by atoms with Gasteiger partial charge in [0, 0.05) is 33.9 Å². The molecule has 3 rings (SSSR count). The lowest BCUT2D eigenvalue weighted by Gasteiger charge is -2.06. The number of nitrogens with one attached hydrogen (secondary N) is 2. The fraction of sp³-hybridized carbons (Fsp3) is 0. The van der Waals surface area contributed by atoms with Crippen molar-refractivity contribution >= 4 is 28.1 Å². The Morgan fingerprint density at radius 1 is 1.00 bits per heavy atom. The number of aromatic nitrogens is 1. The zero-order valence-corrected chi connectivity index (χ0v) is 10.9. The van der Waals surface area contributed by atoms with Gasteiger partial charge in [0.2, 0.25) is 0 Å². The van der Waals surface area contributed by atoms with Gasteiger partial charge in [-0.15, -0.1) is 0 Å². The summed E-state index contributed by atoms with van der Waals surface area (Å²) < 4.78 is 0. The molecule has 0 fully saturated rings. The Morgan fingerprint density at radius 3 is 2.50 bits per heavy atom. The zero-order valence-electron chi connectivity index (χ0n) is 10.9. The molecule has 0 bridgehead atoms. The highest BCUT2D eigenvalue weighted by Crippen LogP contribution is 2.24. The van der Waals surface area contributed by atoms with Gasteiger partial charge in [0.25, 0.3) is 5.91 Å². The van der Waals surface area contributed by atoms with Crippen LogP contribution in [-0.2, 0) is 4.79 Å². The molecule has 3 aromatic rings. The molecule has 0 radical (unpaired) electrons. The normalized spacial score (nSPS) is 10.4. The Morgan fingerprint density at radius 2 is 1.70 bits per heavy atom.